The zero-order chi connectivity index (χ0) is 13.1. The first kappa shape index (κ1) is 14.3. The first-order valence-electron chi connectivity index (χ1n) is 6.75. The molecule has 102 valence electrons. The highest BCUT2D eigenvalue weighted by Crippen LogP contribution is 2.34. The van der Waals surface area contributed by atoms with Crippen LogP contribution in [0.1, 0.15) is 56.8 Å². The van der Waals surface area contributed by atoms with Crippen molar-refractivity contribution in [3.63, 3.8) is 0 Å². The van der Waals surface area contributed by atoms with E-state index < -0.39 is 0 Å². The van der Waals surface area contributed by atoms with E-state index in [1.54, 1.807) is 11.3 Å². The average Bonchev–Trinajstić information content (AvgIpc) is 2.82. The molecule has 1 heterocycles. The number of ether oxygens (including phenoxy) is 1. The predicted molar refractivity (Wildman–Crippen MR) is 77.1 cm³/mol. The molecule has 1 saturated carbocycles. The van der Waals surface area contributed by atoms with E-state index in [9.17, 15) is 0 Å². The lowest BCUT2D eigenvalue weighted by Crippen LogP contribution is -2.27. The Balaban J connectivity index is 1.89. The molecule has 0 aromatic carbocycles. The minimum Gasteiger partial charge on any atom is -0.368 e. The highest BCUT2D eigenvalue weighted by molar-refractivity contribution is 7.09. The van der Waals surface area contributed by atoms with E-state index in [-0.39, 0.29) is 6.10 Å². The molecule has 4 unspecified atom stereocenters. The topological polar surface area (TPSA) is 22.1 Å². The highest BCUT2D eigenvalue weighted by atomic mass is 35.5. The zero-order valence-corrected chi connectivity index (χ0v) is 12.9. The fourth-order valence-electron chi connectivity index (χ4n) is 2.54. The number of nitrogens with zero attached hydrogens (tertiary/aromatic N) is 1. The summed E-state index contributed by atoms with van der Waals surface area (Å²) in [7, 11) is 0. The quantitative estimate of drug-likeness (QED) is 0.743. The van der Waals surface area contributed by atoms with Crippen molar-refractivity contribution in [1.29, 1.82) is 0 Å². The minimum atomic E-state index is 0.0950. The van der Waals surface area contributed by atoms with Crippen LogP contribution < -0.4 is 0 Å². The second-order valence-electron chi connectivity index (χ2n) is 5.48. The van der Waals surface area contributed by atoms with Crippen LogP contribution >= 0.6 is 22.9 Å². The molecule has 0 bridgehead atoms. The lowest BCUT2D eigenvalue weighted by molar-refractivity contribution is -0.0410. The summed E-state index contributed by atoms with van der Waals surface area (Å²) in [6.45, 7) is 6.78. The van der Waals surface area contributed by atoms with Crippen LogP contribution in [0.15, 0.2) is 5.38 Å². The van der Waals surface area contributed by atoms with Crippen molar-refractivity contribution in [3.05, 3.63) is 16.1 Å². The molecule has 1 aliphatic carbocycles. The van der Waals surface area contributed by atoms with E-state index >= 15 is 0 Å². The Kier molecular flexibility index (Phi) is 5.05. The summed E-state index contributed by atoms with van der Waals surface area (Å²) < 4.78 is 6.16. The molecule has 1 aromatic rings. The van der Waals surface area contributed by atoms with Gasteiger partial charge in [0.05, 0.1) is 17.7 Å². The fourth-order valence-corrected chi connectivity index (χ4v) is 3.58. The smallest absolute Gasteiger partial charge is 0.122 e. The number of aromatic nitrogens is 1. The zero-order valence-electron chi connectivity index (χ0n) is 11.4. The number of rotatable bonds is 4. The summed E-state index contributed by atoms with van der Waals surface area (Å²) in [6.07, 6.45) is 4.14. The average molecular weight is 288 g/mol. The predicted octanol–water partition coefficient (Wildman–Crippen LogP) is 4.78. The third kappa shape index (κ3) is 3.46. The van der Waals surface area contributed by atoms with Crippen molar-refractivity contribution < 1.29 is 4.74 Å². The van der Waals surface area contributed by atoms with Gasteiger partial charge < -0.3 is 4.74 Å². The molecule has 0 N–H and O–H groups in total. The van der Waals surface area contributed by atoms with Crippen LogP contribution in [-0.2, 0) is 10.6 Å². The lowest BCUT2D eigenvalue weighted by atomic mass is 9.80. The van der Waals surface area contributed by atoms with E-state index in [1.807, 2.05) is 5.38 Å². The van der Waals surface area contributed by atoms with Crippen molar-refractivity contribution in [2.45, 2.75) is 58.1 Å². The van der Waals surface area contributed by atoms with Crippen molar-refractivity contribution in [2.75, 3.05) is 0 Å². The molecule has 1 aromatic heterocycles. The largest absolute Gasteiger partial charge is 0.368 e. The second-order valence-corrected chi connectivity index (χ2v) is 6.64. The molecule has 18 heavy (non-hydrogen) atoms. The number of hydrogen-bond donors (Lipinski definition) is 0. The maximum Gasteiger partial charge on any atom is 0.122 e. The third-order valence-electron chi connectivity index (χ3n) is 4.00. The van der Waals surface area contributed by atoms with Gasteiger partial charge in [0.1, 0.15) is 11.1 Å². The Labute approximate surface area is 119 Å². The number of thiazole rings is 1. The molecular weight excluding hydrogens is 266 g/mol. The maximum atomic E-state index is 6.16. The molecule has 2 rings (SSSR count). The molecule has 0 amide bonds. The first-order valence-corrected chi connectivity index (χ1v) is 8.17. The SMILES string of the molecule is CC(OC1CCC(C)C(C)C1)c1nc(CCl)cs1. The monoisotopic (exact) mass is 287 g/mol. The molecule has 4 heteroatoms. The van der Waals surface area contributed by atoms with Crippen molar-refractivity contribution in [1.82, 2.24) is 4.98 Å². The summed E-state index contributed by atoms with van der Waals surface area (Å²) in [4.78, 5) is 4.49. The Morgan fingerprint density at radius 3 is 2.83 bits per heavy atom. The Bertz CT molecular complexity index is 382. The molecule has 2 nitrogen and oxygen atoms in total. The number of halogens is 1. The van der Waals surface area contributed by atoms with Crippen LogP contribution in [0.5, 0.6) is 0 Å². The Morgan fingerprint density at radius 1 is 1.44 bits per heavy atom. The van der Waals surface area contributed by atoms with E-state index in [0.717, 1.165) is 22.5 Å². The number of hydrogen-bond acceptors (Lipinski definition) is 3. The maximum absolute atomic E-state index is 6.16. The molecule has 0 saturated heterocycles. The van der Waals surface area contributed by atoms with E-state index in [4.69, 9.17) is 16.3 Å². The van der Waals surface area contributed by atoms with Crippen LogP contribution in [0, 0.1) is 11.8 Å². The first-order chi connectivity index (χ1) is 8.60. The minimum absolute atomic E-state index is 0.0950. The van der Waals surface area contributed by atoms with Gasteiger partial charge in [-0.05, 0) is 38.0 Å². The molecule has 0 radical (unpaired) electrons. The summed E-state index contributed by atoms with van der Waals surface area (Å²) in [5, 5.41) is 3.07. The summed E-state index contributed by atoms with van der Waals surface area (Å²) >= 11 is 7.43. The van der Waals surface area contributed by atoms with E-state index in [0.29, 0.717) is 12.0 Å². The van der Waals surface area contributed by atoms with Gasteiger partial charge in [0.2, 0.25) is 0 Å². The van der Waals surface area contributed by atoms with Gasteiger partial charge in [0, 0.05) is 5.38 Å². The lowest BCUT2D eigenvalue weighted by Gasteiger charge is -2.33. The van der Waals surface area contributed by atoms with Gasteiger partial charge in [-0.25, -0.2) is 4.98 Å². The van der Waals surface area contributed by atoms with E-state index in [2.05, 4.69) is 25.8 Å². The molecule has 4 atom stereocenters. The molecule has 1 fully saturated rings. The number of alkyl halides is 1. The van der Waals surface area contributed by atoms with Gasteiger partial charge in [-0.3, -0.25) is 0 Å². The standard InChI is InChI=1S/C14H22ClNOS/c1-9-4-5-13(6-10(9)2)17-11(3)14-16-12(7-15)8-18-14/h8-11,13H,4-7H2,1-3H3. The van der Waals surface area contributed by atoms with Crippen molar-refractivity contribution in [3.8, 4) is 0 Å². The third-order valence-corrected chi connectivity index (χ3v) is 5.33. The summed E-state index contributed by atoms with van der Waals surface area (Å²) in [5.41, 5.74) is 0.956. The normalized spacial score (nSPS) is 30.3. The van der Waals surface area contributed by atoms with Crippen LogP contribution in [0.4, 0.5) is 0 Å². The van der Waals surface area contributed by atoms with Gasteiger partial charge in [-0.15, -0.1) is 22.9 Å². The van der Waals surface area contributed by atoms with E-state index in [1.165, 1.54) is 19.3 Å². The van der Waals surface area contributed by atoms with Crippen LogP contribution in [-0.4, -0.2) is 11.1 Å². The summed E-state index contributed by atoms with van der Waals surface area (Å²) in [6, 6.07) is 0. The van der Waals surface area contributed by atoms with Crippen molar-refractivity contribution in [2.24, 2.45) is 11.8 Å². The highest BCUT2D eigenvalue weighted by Gasteiger charge is 2.27. The molecular formula is C14H22ClNOS. The molecule has 1 aliphatic rings. The van der Waals surface area contributed by atoms with Gasteiger partial charge >= 0.3 is 0 Å². The molecule has 0 aliphatic heterocycles. The Morgan fingerprint density at radius 2 is 2.22 bits per heavy atom. The van der Waals surface area contributed by atoms with Crippen LogP contribution in [0.3, 0.4) is 0 Å². The van der Waals surface area contributed by atoms with Gasteiger partial charge in [0.25, 0.3) is 0 Å². The van der Waals surface area contributed by atoms with Gasteiger partial charge in [-0.1, -0.05) is 13.8 Å². The summed E-state index contributed by atoms with van der Waals surface area (Å²) in [5.74, 6) is 2.09. The Hall–Kier alpha value is -0.120. The van der Waals surface area contributed by atoms with Crippen molar-refractivity contribution >= 4 is 22.9 Å². The molecule has 0 spiro atoms. The fraction of sp³-hybridized carbons (Fsp3) is 0.786. The van der Waals surface area contributed by atoms with Gasteiger partial charge in [0.15, 0.2) is 0 Å². The second kappa shape index (κ2) is 6.36. The van der Waals surface area contributed by atoms with Gasteiger partial charge in [-0.2, -0.15) is 0 Å². The van der Waals surface area contributed by atoms with Crippen LogP contribution in [0.25, 0.3) is 0 Å². The van der Waals surface area contributed by atoms with Crippen LogP contribution in [0.2, 0.25) is 0 Å².